The van der Waals surface area contributed by atoms with E-state index in [-0.39, 0.29) is 25.4 Å². The maximum atomic E-state index is 12.4. The Morgan fingerprint density at radius 3 is 2.44 bits per heavy atom. The number of β-amino-alcohol motifs (C(OH)–C–C–N with tert-alkyl or cyclic N) is 1. The van der Waals surface area contributed by atoms with Crippen LogP contribution in [0.1, 0.15) is 76.2 Å². The number of aliphatic hydroxyl groups is 1. The van der Waals surface area contributed by atoms with E-state index in [9.17, 15) is 19.8 Å². The molecule has 0 radical (unpaired) electrons. The zero-order valence-corrected chi connectivity index (χ0v) is 19.9. The number of unbranched alkanes of at least 4 members (excludes halogenated alkanes) is 7. The molecule has 34 heavy (non-hydrogen) atoms. The number of carbonyl (C=O) groups is 2. The van der Waals surface area contributed by atoms with E-state index in [0.717, 1.165) is 16.9 Å². The lowest BCUT2D eigenvalue weighted by Crippen LogP contribution is -2.45. The molecule has 186 valence electrons. The van der Waals surface area contributed by atoms with Crippen molar-refractivity contribution in [2.75, 3.05) is 6.54 Å². The van der Waals surface area contributed by atoms with Gasteiger partial charge in [-0.05, 0) is 18.4 Å². The largest absolute Gasteiger partial charge is 0.465 e. The second-order valence-corrected chi connectivity index (χ2v) is 8.99. The number of aryl methyl sites for hydroxylation is 1. The average molecular weight is 473 g/mol. The van der Waals surface area contributed by atoms with E-state index < -0.39 is 24.1 Å². The van der Waals surface area contributed by atoms with Gasteiger partial charge >= 0.3 is 6.09 Å². The van der Waals surface area contributed by atoms with Crippen LogP contribution in [-0.2, 0) is 17.8 Å². The average Bonchev–Trinajstić information content (AvgIpc) is 3.46. The van der Waals surface area contributed by atoms with E-state index in [1.165, 1.54) is 56.9 Å². The Balaban J connectivity index is 1.41. The molecule has 0 saturated carbocycles. The number of benzene rings is 1. The molecule has 2 atom stereocenters. The van der Waals surface area contributed by atoms with Gasteiger partial charge < -0.3 is 20.1 Å². The summed E-state index contributed by atoms with van der Waals surface area (Å²) in [5, 5.41) is 25.5. The highest BCUT2D eigenvalue weighted by Crippen LogP contribution is 2.20. The monoisotopic (exact) mass is 472 g/mol. The van der Waals surface area contributed by atoms with Crippen molar-refractivity contribution in [1.29, 1.82) is 0 Å². The number of likely N-dealkylation sites (tertiary alicyclic amines) is 1. The van der Waals surface area contributed by atoms with Crippen LogP contribution in [0.25, 0.3) is 11.4 Å². The molecule has 9 nitrogen and oxygen atoms in total. The minimum absolute atomic E-state index is 0.0115. The normalized spacial score (nSPS) is 17.8. The maximum absolute atomic E-state index is 12.4. The molecule has 2 heterocycles. The molecule has 2 aromatic rings. The summed E-state index contributed by atoms with van der Waals surface area (Å²) in [6.07, 6.45) is 9.48. The molecule has 1 aliphatic heterocycles. The van der Waals surface area contributed by atoms with Gasteiger partial charge in [-0.25, -0.2) is 4.79 Å². The first-order valence-electron chi connectivity index (χ1n) is 12.3. The summed E-state index contributed by atoms with van der Waals surface area (Å²) in [6, 6.07) is 7.18. The fourth-order valence-electron chi connectivity index (χ4n) is 4.28. The van der Waals surface area contributed by atoms with Crippen LogP contribution in [0, 0.1) is 0 Å². The van der Waals surface area contributed by atoms with E-state index in [2.05, 4.69) is 34.5 Å². The zero-order chi connectivity index (χ0) is 24.3. The highest BCUT2D eigenvalue weighted by Gasteiger charge is 2.38. The maximum Gasteiger partial charge on any atom is 0.408 e. The molecule has 1 aromatic heterocycles. The lowest BCUT2D eigenvalue weighted by molar-refractivity contribution is -0.125. The summed E-state index contributed by atoms with van der Waals surface area (Å²) in [7, 11) is 0. The van der Waals surface area contributed by atoms with Crippen molar-refractivity contribution < 1.29 is 24.3 Å². The Morgan fingerprint density at radius 2 is 1.76 bits per heavy atom. The first-order valence-corrected chi connectivity index (χ1v) is 12.3. The van der Waals surface area contributed by atoms with Crippen LogP contribution in [-0.4, -0.2) is 55.9 Å². The molecule has 0 aliphatic carbocycles. The van der Waals surface area contributed by atoms with Crippen molar-refractivity contribution in [1.82, 2.24) is 20.4 Å². The van der Waals surface area contributed by atoms with Crippen molar-refractivity contribution in [3.05, 3.63) is 35.7 Å². The highest BCUT2D eigenvalue weighted by atomic mass is 16.5. The number of nitrogens with zero attached hydrogens (tertiary/aromatic N) is 3. The molecule has 9 heteroatoms. The molecule has 0 bridgehead atoms. The molecule has 1 saturated heterocycles. The van der Waals surface area contributed by atoms with Crippen LogP contribution in [0.3, 0.4) is 0 Å². The number of hydrogen-bond acceptors (Lipinski definition) is 6. The molecular weight excluding hydrogens is 436 g/mol. The number of aliphatic hydroxyl groups excluding tert-OH is 1. The number of nitrogens with one attached hydrogen (secondary N) is 1. The van der Waals surface area contributed by atoms with Crippen LogP contribution in [0.4, 0.5) is 4.79 Å². The van der Waals surface area contributed by atoms with E-state index in [4.69, 9.17) is 4.52 Å². The summed E-state index contributed by atoms with van der Waals surface area (Å²) >= 11 is 0. The SMILES string of the molecule is CCCCCCCCCCc1ccc(-c2noc(CNC(=O)[C@@H]3C[C@@H](O)CN3C(=O)O)n2)cc1. The second kappa shape index (κ2) is 13.1. The van der Waals surface area contributed by atoms with Crippen LogP contribution in [0.15, 0.2) is 28.8 Å². The smallest absolute Gasteiger partial charge is 0.408 e. The van der Waals surface area contributed by atoms with Crippen LogP contribution < -0.4 is 5.32 Å². The number of hydrogen-bond donors (Lipinski definition) is 3. The van der Waals surface area contributed by atoms with Gasteiger partial charge in [-0.2, -0.15) is 4.98 Å². The van der Waals surface area contributed by atoms with E-state index in [0.29, 0.717) is 5.82 Å². The van der Waals surface area contributed by atoms with E-state index in [1.54, 1.807) is 0 Å². The summed E-state index contributed by atoms with van der Waals surface area (Å²) in [6.45, 7) is 2.15. The topological polar surface area (TPSA) is 129 Å². The third kappa shape index (κ3) is 7.55. The second-order valence-electron chi connectivity index (χ2n) is 8.99. The summed E-state index contributed by atoms with van der Waals surface area (Å²) in [5.41, 5.74) is 2.12. The number of carboxylic acid groups (broad SMARTS) is 1. The summed E-state index contributed by atoms with van der Waals surface area (Å²) < 4.78 is 5.23. The molecule has 0 unspecified atom stereocenters. The number of aromatic nitrogens is 2. The molecule has 0 spiro atoms. The van der Waals surface area contributed by atoms with E-state index in [1.807, 2.05) is 12.1 Å². The first kappa shape index (κ1) is 25.7. The number of carbonyl (C=O) groups excluding carboxylic acids is 1. The van der Waals surface area contributed by atoms with Crippen LogP contribution in [0.2, 0.25) is 0 Å². The Labute approximate surface area is 200 Å². The van der Waals surface area contributed by atoms with Gasteiger partial charge in [0, 0.05) is 12.0 Å². The Hall–Kier alpha value is -2.94. The number of amides is 2. The van der Waals surface area contributed by atoms with Crippen molar-refractivity contribution in [3.63, 3.8) is 0 Å². The molecule has 3 rings (SSSR count). The van der Waals surface area contributed by atoms with Crippen LogP contribution in [0.5, 0.6) is 0 Å². The van der Waals surface area contributed by atoms with Crippen molar-refractivity contribution in [2.45, 2.75) is 89.8 Å². The minimum atomic E-state index is -1.23. The van der Waals surface area contributed by atoms with Gasteiger partial charge in [0.1, 0.15) is 6.04 Å². The van der Waals surface area contributed by atoms with Gasteiger partial charge in [-0.3, -0.25) is 9.69 Å². The van der Waals surface area contributed by atoms with Crippen molar-refractivity contribution >= 4 is 12.0 Å². The molecular formula is C25H36N4O5. The minimum Gasteiger partial charge on any atom is -0.465 e. The lowest BCUT2D eigenvalue weighted by atomic mass is 10.0. The fraction of sp³-hybridized carbons (Fsp3) is 0.600. The van der Waals surface area contributed by atoms with Crippen LogP contribution >= 0.6 is 0 Å². The highest BCUT2D eigenvalue weighted by molar-refractivity contribution is 5.85. The van der Waals surface area contributed by atoms with Gasteiger partial charge in [0.2, 0.25) is 17.6 Å². The van der Waals surface area contributed by atoms with E-state index >= 15 is 0 Å². The Bertz CT molecular complexity index is 914. The standard InChI is InChI=1S/C25H36N4O5/c1-2-3-4-5-6-7-8-9-10-18-11-13-19(14-12-18)23-27-22(34-28-23)16-26-24(31)21-15-20(30)17-29(21)25(32)33/h11-14,20-21,30H,2-10,15-17H2,1H3,(H,26,31)(H,32,33)/t20-,21+/m1/s1. The van der Waals surface area contributed by atoms with Gasteiger partial charge in [0.05, 0.1) is 19.2 Å². The molecule has 1 fully saturated rings. The zero-order valence-electron chi connectivity index (χ0n) is 19.9. The van der Waals surface area contributed by atoms with Crippen molar-refractivity contribution in [3.8, 4) is 11.4 Å². The lowest BCUT2D eigenvalue weighted by Gasteiger charge is -2.19. The Morgan fingerprint density at radius 1 is 1.09 bits per heavy atom. The summed E-state index contributed by atoms with van der Waals surface area (Å²) in [5.74, 6) is 0.169. The fourth-order valence-corrected chi connectivity index (χ4v) is 4.28. The van der Waals surface area contributed by atoms with Gasteiger partial charge in [-0.1, -0.05) is 81.3 Å². The predicted octanol–water partition coefficient (Wildman–Crippen LogP) is 4.15. The van der Waals surface area contributed by atoms with Gasteiger partial charge in [0.15, 0.2) is 0 Å². The van der Waals surface area contributed by atoms with Gasteiger partial charge in [0.25, 0.3) is 0 Å². The Kier molecular flexibility index (Phi) is 9.88. The van der Waals surface area contributed by atoms with Gasteiger partial charge in [-0.15, -0.1) is 0 Å². The molecule has 3 N–H and O–H groups in total. The van der Waals surface area contributed by atoms with Crippen molar-refractivity contribution in [2.24, 2.45) is 0 Å². The predicted molar refractivity (Wildman–Crippen MR) is 127 cm³/mol. The number of rotatable bonds is 13. The quantitative estimate of drug-likeness (QED) is 0.374. The molecule has 1 aromatic carbocycles. The molecule has 2 amide bonds. The third-order valence-corrected chi connectivity index (χ3v) is 6.24. The first-order chi connectivity index (χ1) is 16.5. The molecule has 1 aliphatic rings. The summed E-state index contributed by atoms with van der Waals surface area (Å²) in [4.78, 5) is 28.9. The third-order valence-electron chi connectivity index (χ3n) is 6.24.